The molecule has 0 radical (unpaired) electrons. The molecule has 0 aliphatic rings. The van der Waals surface area contributed by atoms with Crippen molar-refractivity contribution in [2.24, 2.45) is 0 Å². The lowest BCUT2D eigenvalue weighted by Crippen LogP contribution is -2.05. The van der Waals surface area contributed by atoms with Crippen molar-refractivity contribution in [2.75, 3.05) is 12.4 Å². The number of anilines is 1. The fourth-order valence-electron chi connectivity index (χ4n) is 2.39. The van der Waals surface area contributed by atoms with Crippen LogP contribution in [0.15, 0.2) is 55.0 Å². The van der Waals surface area contributed by atoms with Crippen LogP contribution in [0.4, 0.5) is 10.2 Å². The zero-order chi connectivity index (χ0) is 16.8. The molecule has 0 fully saturated rings. The molecular weight excluding hydrogens is 307 g/mol. The monoisotopic (exact) mass is 326 g/mol. The van der Waals surface area contributed by atoms with E-state index in [4.69, 9.17) is 4.74 Å². The molecule has 0 bridgehead atoms. The van der Waals surface area contributed by atoms with E-state index in [9.17, 15) is 4.39 Å². The maximum Gasteiger partial charge on any atom is 0.165 e. The number of aromatic nitrogens is 3. The summed E-state index contributed by atoms with van der Waals surface area (Å²) in [6, 6.07) is 10.8. The molecule has 0 saturated heterocycles. The molecule has 2 aromatic heterocycles. The Hall–Kier alpha value is -2.89. The number of aryl methyl sites for hydroxylation is 2. The number of nitrogens with zero attached hydrogens (tertiary/aromatic N) is 3. The Morgan fingerprint density at radius 2 is 1.96 bits per heavy atom. The molecule has 3 rings (SSSR count). The van der Waals surface area contributed by atoms with Crippen LogP contribution in [-0.4, -0.2) is 21.9 Å². The zero-order valence-corrected chi connectivity index (χ0v) is 13.4. The van der Waals surface area contributed by atoms with Crippen LogP contribution in [0.2, 0.25) is 0 Å². The van der Waals surface area contributed by atoms with Crippen LogP contribution in [-0.2, 0) is 19.5 Å². The van der Waals surface area contributed by atoms with E-state index in [1.54, 1.807) is 18.5 Å². The van der Waals surface area contributed by atoms with Gasteiger partial charge in [0.25, 0.3) is 0 Å². The number of pyridine rings is 1. The molecule has 0 atom stereocenters. The third-order valence-corrected chi connectivity index (χ3v) is 3.71. The summed E-state index contributed by atoms with van der Waals surface area (Å²) in [6.45, 7) is 1.30. The number of halogens is 1. The lowest BCUT2D eigenvalue weighted by Gasteiger charge is -2.06. The molecule has 124 valence electrons. The predicted octanol–water partition coefficient (Wildman–Crippen LogP) is 3.28. The normalized spacial score (nSPS) is 10.6. The molecule has 6 heteroatoms. The van der Waals surface area contributed by atoms with E-state index in [1.807, 2.05) is 35.1 Å². The molecule has 0 spiro atoms. The summed E-state index contributed by atoms with van der Waals surface area (Å²) in [6.07, 6.45) is 6.41. The number of ether oxygens (including phenoxy) is 1. The van der Waals surface area contributed by atoms with Gasteiger partial charge in [0, 0.05) is 37.7 Å². The maximum atomic E-state index is 13.7. The van der Waals surface area contributed by atoms with E-state index >= 15 is 0 Å². The van der Waals surface area contributed by atoms with Crippen LogP contribution in [0.5, 0.6) is 5.75 Å². The van der Waals surface area contributed by atoms with Crippen molar-refractivity contribution in [3.8, 4) is 5.75 Å². The molecule has 3 aromatic rings. The minimum atomic E-state index is -0.361. The first-order valence-electron chi connectivity index (χ1n) is 7.73. The highest BCUT2D eigenvalue weighted by atomic mass is 19.1. The first-order valence-corrected chi connectivity index (χ1v) is 7.73. The molecule has 0 aliphatic heterocycles. The standard InChI is InChI=1S/C18H19FN4O/c1-24-17-3-2-15(12-16(17)19)13-21-18-7-11-23(22-18)10-6-14-4-8-20-9-5-14/h2-5,7-9,11-12H,6,10,13H2,1H3,(H,21,22). The Morgan fingerprint density at radius 3 is 2.71 bits per heavy atom. The third-order valence-electron chi connectivity index (χ3n) is 3.71. The average molecular weight is 326 g/mol. The lowest BCUT2D eigenvalue weighted by molar-refractivity contribution is 0.386. The number of nitrogens with one attached hydrogen (secondary N) is 1. The molecule has 0 unspecified atom stereocenters. The first kappa shape index (κ1) is 16.0. The molecule has 0 saturated carbocycles. The quantitative estimate of drug-likeness (QED) is 0.724. The smallest absolute Gasteiger partial charge is 0.165 e. The van der Waals surface area contributed by atoms with Gasteiger partial charge in [0.1, 0.15) is 5.82 Å². The van der Waals surface area contributed by atoms with E-state index in [2.05, 4.69) is 15.4 Å². The third kappa shape index (κ3) is 4.10. The summed E-state index contributed by atoms with van der Waals surface area (Å²) in [5.74, 6) is 0.653. The highest BCUT2D eigenvalue weighted by Crippen LogP contribution is 2.18. The number of benzene rings is 1. The van der Waals surface area contributed by atoms with Gasteiger partial charge in [0.15, 0.2) is 11.6 Å². The van der Waals surface area contributed by atoms with Crippen LogP contribution < -0.4 is 10.1 Å². The molecular formula is C18H19FN4O. The molecule has 1 N–H and O–H groups in total. The Bertz CT molecular complexity index is 789. The molecule has 0 aliphatic carbocycles. The van der Waals surface area contributed by atoms with Crippen molar-refractivity contribution in [3.63, 3.8) is 0 Å². The number of rotatable bonds is 7. The molecule has 5 nitrogen and oxygen atoms in total. The fourth-order valence-corrected chi connectivity index (χ4v) is 2.39. The van der Waals surface area contributed by atoms with E-state index in [-0.39, 0.29) is 11.6 Å². The van der Waals surface area contributed by atoms with Crippen LogP contribution in [0, 0.1) is 5.82 Å². The van der Waals surface area contributed by atoms with Crippen molar-refractivity contribution in [3.05, 3.63) is 71.9 Å². The summed E-state index contributed by atoms with van der Waals surface area (Å²) < 4.78 is 20.5. The van der Waals surface area contributed by atoms with E-state index in [0.717, 1.165) is 24.3 Å². The van der Waals surface area contributed by atoms with Crippen molar-refractivity contribution in [1.29, 1.82) is 0 Å². The summed E-state index contributed by atoms with van der Waals surface area (Å²) in [7, 11) is 1.45. The summed E-state index contributed by atoms with van der Waals surface area (Å²) >= 11 is 0. The average Bonchev–Trinajstić information content (AvgIpc) is 3.07. The van der Waals surface area contributed by atoms with Gasteiger partial charge in [0.2, 0.25) is 0 Å². The molecule has 24 heavy (non-hydrogen) atoms. The van der Waals surface area contributed by atoms with Gasteiger partial charge in [-0.3, -0.25) is 9.67 Å². The van der Waals surface area contributed by atoms with Gasteiger partial charge < -0.3 is 10.1 Å². The Labute approximate surface area is 140 Å². The van der Waals surface area contributed by atoms with Crippen LogP contribution in [0.1, 0.15) is 11.1 Å². The van der Waals surface area contributed by atoms with Gasteiger partial charge in [0.05, 0.1) is 7.11 Å². The van der Waals surface area contributed by atoms with Crippen LogP contribution >= 0.6 is 0 Å². The Kier molecular flexibility index (Phi) is 5.05. The second kappa shape index (κ2) is 7.59. The van der Waals surface area contributed by atoms with Crippen molar-refractivity contribution in [2.45, 2.75) is 19.5 Å². The zero-order valence-electron chi connectivity index (χ0n) is 13.4. The minimum Gasteiger partial charge on any atom is -0.494 e. The maximum absolute atomic E-state index is 13.7. The van der Waals surface area contributed by atoms with Gasteiger partial charge in [-0.1, -0.05) is 6.07 Å². The van der Waals surface area contributed by atoms with E-state index in [1.165, 1.54) is 18.7 Å². The Balaban J connectivity index is 1.53. The Morgan fingerprint density at radius 1 is 1.12 bits per heavy atom. The van der Waals surface area contributed by atoms with Crippen molar-refractivity contribution < 1.29 is 9.13 Å². The van der Waals surface area contributed by atoms with Crippen LogP contribution in [0.3, 0.4) is 0 Å². The van der Waals surface area contributed by atoms with Gasteiger partial charge in [-0.05, 0) is 41.8 Å². The number of hydrogen-bond acceptors (Lipinski definition) is 4. The summed E-state index contributed by atoms with van der Waals surface area (Å²) in [5.41, 5.74) is 2.06. The first-order chi connectivity index (χ1) is 11.7. The largest absolute Gasteiger partial charge is 0.494 e. The minimum absolute atomic E-state index is 0.249. The molecule has 2 heterocycles. The highest BCUT2D eigenvalue weighted by Gasteiger charge is 2.04. The van der Waals surface area contributed by atoms with E-state index < -0.39 is 0 Å². The van der Waals surface area contributed by atoms with Gasteiger partial charge >= 0.3 is 0 Å². The fraction of sp³-hybridized carbons (Fsp3) is 0.222. The van der Waals surface area contributed by atoms with E-state index in [0.29, 0.717) is 6.54 Å². The second-order valence-electron chi connectivity index (χ2n) is 5.39. The lowest BCUT2D eigenvalue weighted by atomic mass is 10.2. The topological polar surface area (TPSA) is 52.0 Å². The summed E-state index contributed by atoms with van der Waals surface area (Å²) in [5, 5.41) is 7.66. The van der Waals surface area contributed by atoms with Gasteiger partial charge in [-0.2, -0.15) is 5.10 Å². The van der Waals surface area contributed by atoms with Crippen molar-refractivity contribution in [1.82, 2.24) is 14.8 Å². The van der Waals surface area contributed by atoms with Gasteiger partial charge in [-0.25, -0.2) is 4.39 Å². The number of methoxy groups -OCH3 is 1. The second-order valence-corrected chi connectivity index (χ2v) is 5.39. The summed E-state index contributed by atoms with van der Waals surface area (Å²) in [4.78, 5) is 4.01. The highest BCUT2D eigenvalue weighted by molar-refractivity contribution is 5.36. The van der Waals surface area contributed by atoms with Crippen LogP contribution in [0.25, 0.3) is 0 Å². The molecule has 0 amide bonds. The number of hydrogen-bond donors (Lipinski definition) is 1. The SMILES string of the molecule is COc1ccc(CNc2ccn(CCc3ccncc3)n2)cc1F. The van der Waals surface area contributed by atoms with Crippen molar-refractivity contribution >= 4 is 5.82 Å². The predicted molar refractivity (Wildman–Crippen MR) is 90.4 cm³/mol. The van der Waals surface area contributed by atoms with Gasteiger partial charge in [-0.15, -0.1) is 0 Å². The molecule has 1 aromatic carbocycles.